The van der Waals surface area contributed by atoms with E-state index in [0.29, 0.717) is 17.9 Å². The van der Waals surface area contributed by atoms with Gasteiger partial charge in [0, 0.05) is 16.6 Å². The number of likely N-dealkylation sites (tertiary alicyclic amines) is 1. The molecule has 2 aromatic heterocycles. The summed E-state index contributed by atoms with van der Waals surface area (Å²) in [6.45, 7) is 6.11. The van der Waals surface area contributed by atoms with Gasteiger partial charge in [0.2, 0.25) is 5.95 Å². The summed E-state index contributed by atoms with van der Waals surface area (Å²) in [5, 5.41) is 9.90. The first-order valence-electron chi connectivity index (χ1n) is 12.2. The van der Waals surface area contributed by atoms with Gasteiger partial charge in [-0.05, 0) is 81.6 Å². The van der Waals surface area contributed by atoms with E-state index in [1.807, 2.05) is 18.5 Å². The van der Waals surface area contributed by atoms with E-state index in [1.165, 1.54) is 24.8 Å². The zero-order valence-electron chi connectivity index (χ0n) is 18.9. The molecule has 1 N–H and O–H groups in total. The summed E-state index contributed by atoms with van der Waals surface area (Å²) < 4.78 is 7.59. The molecule has 2 bridgehead atoms. The fourth-order valence-electron chi connectivity index (χ4n) is 6.27. The monoisotopic (exact) mass is 464 g/mol. The van der Waals surface area contributed by atoms with Crippen molar-refractivity contribution >= 4 is 34.1 Å². The summed E-state index contributed by atoms with van der Waals surface area (Å²) in [5.74, 6) is 2.00. The minimum Gasteiger partial charge on any atom is -0.378 e. The van der Waals surface area contributed by atoms with Crippen LogP contribution in [0.2, 0.25) is 5.02 Å². The second-order valence-electron chi connectivity index (χ2n) is 10.5. The van der Waals surface area contributed by atoms with E-state index in [0.717, 1.165) is 72.4 Å². The zero-order valence-corrected chi connectivity index (χ0v) is 19.7. The summed E-state index contributed by atoms with van der Waals surface area (Å²) in [7, 11) is 0. The van der Waals surface area contributed by atoms with Gasteiger partial charge >= 0.3 is 0 Å². The number of ether oxygens (including phenoxy) is 1. The predicted molar refractivity (Wildman–Crippen MR) is 128 cm³/mol. The number of benzene rings is 1. The maximum absolute atomic E-state index is 6.72. The van der Waals surface area contributed by atoms with E-state index in [9.17, 15) is 0 Å². The van der Waals surface area contributed by atoms with Crippen molar-refractivity contribution in [1.82, 2.24) is 24.6 Å². The van der Waals surface area contributed by atoms with Crippen molar-refractivity contribution < 1.29 is 4.74 Å². The number of nitrogens with one attached hydrogen (secondary N) is 1. The molecule has 5 fully saturated rings. The van der Waals surface area contributed by atoms with Crippen LogP contribution in [0.1, 0.15) is 49.3 Å². The lowest BCUT2D eigenvalue weighted by atomic mass is 9.50. The van der Waals surface area contributed by atoms with E-state index < -0.39 is 0 Å². The smallest absolute Gasteiger partial charge is 0.227 e. The molecule has 33 heavy (non-hydrogen) atoms. The number of nitrogens with zero attached hydrogens (tertiary/aromatic N) is 5. The highest BCUT2D eigenvalue weighted by Crippen LogP contribution is 2.62. The molecule has 0 atom stereocenters. The summed E-state index contributed by atoms with van der Waals surface area (Å²) in [4.78, 5) is 12.0. The number of rotatable bonds is 5. The Morgan fingerprint density at radius 2 is 1.91 bits per heavy atom. The highest BCUT2D eigenvalue weighted by atomic mass is 35.5. The predicted octanol–water partition coefficient (Wildman–Crippen LogP) is 4.62. The molecule has 2 saturated heterocycles. The van der Waals surface area contributed by atoms with Crippen molar-refractivity contribution in [1.29, 1.82) is 0 Å². The molecular formula is C25H29ClN6O. The lowest BCUT2D eigenvalue weighted by Crippen LogP contribution is -2.60. The summed E-state index contributed by atoms with van der Waals surface area (Å²) in [6, 6.07) is 4.81. The van der Waals surface area contributed by atoms with Gasteiger partial charge in [-0.25, -0.2) is 9.97 Å². The Kier molecular flexibility index (Phi) is 4.52. The van der Waals surface area contributed by atoms with Crippen LogP contribution in [0.5, 0.6) is 0 Å². The normalized spacial score (nSPS) is 27.8. The molecule has 3 aromatic rings. The number of piperidine rings is 1. The molecule has 3 aliphatic carbocycles. The van der Waals surface area contributed by atoms with E-state index in [-0.39, 0.29) is 5.54 Å². The molecule has 8 rings (SSSR count). The Balaban J connectivity index is 1.12. The molecule has 4 heterocycles. The van der Waals surface area contributed by atoms with Gasteiger partial charge in [0.15, 0.2) is 0 Å². The lowest BCUT2D eigenvalue weighted by molar-refractivity contribution is -0.0990. The Morgan fingerprint density at radius 3 is 2.58 bits per heavy atom. The third-order valence-electron chi connectivity index (χ3n) is 8.52. The SMILES string of the molecule is Cc1c(Nc2ncc3cc(Cl)c(C4CCN(C5COC5)CC4)cc3n2)cnn1C12CC(C1)C2. The maximum atomic E-state index is 6.72. The van der Waals surface area contributed by atoms with Crippen LogP contribution in [0.25, 0.3) is 10.9 Å². The number of aromatic nitrogens is 4. The third kappa shape index (κ3) is 3.20. The molecule has 0 radical (unpaired) electrons. The quantitative estimate of drug-likeness (QED) is 0.594. The molecule has 172 valence electrons. The highest BCUT2D eigenvalue weighted by molar-refractivity contribution is 6.32. The second kappa shape index (κ2) is 7.39. The van der Waals surface area contributed by atoms with Crippen molar-refractivity contribution in [2.75, 3.05) is 31.6 Å². The van der Waals surface area contributed by atoms with Crippen LogP contribution in [0.3, 0.4) is 0 Å². The number of hydrogen-bond donors (Lipinski definition) is 1. The lowest BCUT2D eigenvalue weighted by Gasteiger charge is -2.61. The summed E-state index contributed by atoms with van der Waals surface area (Å²) in [5.41, 5.74) is 4.58. The van der Waals surface area contributed by atoms with E-state index in [1.54, 1.807) is 0 Å². The van der Waals surface area contributed by atoms with Crippen molar-refractivity contribution in [3.63, 3.8) is 0 Å². The minimum atomic E-state index is 0.284. The summed E-state index contributed by atoms with van der Waals surface area (Å²) in [6.07, 6.45) is 9.85. The molecule has 0 unspecified atom stereocenters. The average molecular weight is 465 g/mol. The van der Waals surface area contributed by atoms with Gasteiger partial charge in [-0.15, -0.1) is 0 Å². The summed E-state index contributed by atoms with van der Waals surface area (Å²) >= 11 is 6.72. The largest absolute Gasteiger partial charge is 0.378 e. The van der Waals surface area contributed by atoms with Crippen molar-refractivity contribution in [2.45, 2.75) is 56.5 Å². The molecule has 7 nitrogen and oxygen atoms in total. The van der Waals surface area contributed by atoms with Gasteiger partial charge in [0.25, 0.3) is 0 Å². The minimum absolute atomic E-state index is 0.284. The van der Waals surface area contributed by atoms with Crippen LogP contribution < -0.4 is 5.32 Å². The van der Waals surface area contributed by atoms with E-state index >= 15 is 0 Å². The first-order valence-corrected chi connectivity index (χ1v) is 12.6. The van der Waals surface area contributed by atoms with Gasteiger partial charge in [0.1, 0.15) is 0 Å². The van der Waals surface area contributed by atoms with Crippen LogP contribution >= 0.6 is 11.6 Å². The van der Waals surface area contributed by atoms with Crippen LogP contribution in [0.15, 0.2) is 24.5 Å². The first-order chi connectivity index (χ1) is 16.1. The van der Waals surface area contributed by atoms with Crippen molar-refractivity contribution in [3.05, 3.63) is 40.8 Å². The molecule has 8 heteroatoms. The molecular weight excluding hydrogens is 436 g/mol. The van der Waals surface area contributed by atoms with Gasteiger partial charge < -0.3 is 10.1 Å². The molecule has 1 aromatic carbocycles. The van der Waals surface area contributed by atoms with E-state index in [2.05, 4.69) is 32.9 Å². The van der Waals surface area contributed by atoms with Gasteiger partial charge in [-0.3, -0.25) is 9.58 Å². The van der Waals surface area contributed by atoms with Crippen LogP contribution in [0, 0.1) is 12.8 Å². The Bertz CT molecular complexity index is 1210. The van der Waals surface area contributed by atoms with Gasteiger partial charge in [-0.1, -0.05) is 11.6 Å². The molecule has 3 saturated carbocycles. The number of fused-ring (bicyclic) bond motifs is 1. The van der Waals surface area contributed by atoms with Crippen LogP contribution in [-0.4, -0.2) is 57.0 Å². The second-order valence-corrected chi connectivity index (χ2v) is 10.9. The van der Waals surface area contributed by atoms with Crippen LogP contribution in [-0.2, 0) is 10.3 Å². The molecule has 5 aliphatic rings. The topological polar surface area (TPSA) is 68.1 Å². The van der Waals surface area contributed by atoms with E-state index in [4.69, 9.17) is 26.4 Å². The highest BCUT2D eigenvalue weighted by Gasteiger charge is 2.59. The maximum Gasteiger partial charge on any atom is 0.227 e. The Morgan fingerprint density at radius 1 is 1.12 bits per heavy atom. The number of anilines is 2. The molecule has 2 aliphatic heterocycles. The van der Waals surface area contributed by atoms with Gasteiger partial charge in [0.05, 0.1) is 47.9 Å². The fraction of sp³-hybridized carbons (Fsp3) is 0.560. The first kappa shape index (κ1) is 20.2. The zero-order chi connectivity index (χ0) is 22.2. The molecule has 0 amide bonds. The third-order valence-corrected chi connectivity index (χ3v) is 8.84. The number of hydrogen-bond acceptors (Lipinski definition) is 6. The standard InChI is InChI=1S/C25H29ClN6O/c1-15-23(12-28-32(15)25-8-16(9-25)10-25)30-24-27-11-18-6-21(26)20(7-22(18)29-24)17-2-4-31(5-3-17)19-13-33-14-19/h6-7,11-12,16-17,19H,2-5,8-10,13-14H2,1H3,(H,27,29,30). The Labute approximate surface area is 198 Å². The van der Waals surface area contributed by atoms with Gasteiger partial charge in [-0.2, -0.15) is 5.10 Å². The average Bonchev–Trinajstić information content (AvgIpc) is 3.05. The van der Waals surface area contributed by atoms with Crippen molar-refractivity contribution in [2.24, 2.45) is 5.92 Å². The number of halogens is 1. The molecule has 0 spiro atoms. The van der Waals surface area contributed by atoms with Crippen LogP contribution in [0.4, 0.5) is 11.6 Å². The van der Waals surface area contributed by atoms with Crippen molar-refractivity contribution in [3.8, 4) is 0 Å². The fourth-order valence-corrected chi connectivity index (χ4v) is 6.60. The Hall–Kier alpha value is -2.22.